The van der Waals surface area contributed by atoms with E-state index in [1.807, 2.05) is 6.08 Å². The molecule has 408 valence electrons. The molecule has 0 saturated carbocycles. The normalized spacial score (nSPS) is 13.2. The summed E-state index contributed by atoms with van der Waals surface area (Å²) in [6.07, 6.45) is 87.7. The van der Waals surface area contributed by atoms with Crippen LogP contribution in [0.15, 0.2) is 134 Å². The maximum absolute atomic E-state index is 12.9. The summed E-state index contributed by atoms with van der Waals surface area (Å²) in [6, 6.07) is 0. The number of carbonyl (C=O) groups excluding carboxylic acids is 2. The first-order valence-electron chi connectivity index (χ1n) is 29.7. The van der Waals surface area contributed by atoms with Crippen LogP contribution < -0.4 is 0 Å². The first kappa shape index (κ1) is 68.0. The third kappa shape index (κ3) is 58.6. The van der Waals surface area contributed by atoms with Gasteiger partial charge in [0.2, 0.25) is 0 Å². The molecule has 0 heterocycles. The molecular weight excluding hydrogens is 885 g/mol. The van der Waals surface area contributed by atoms with E-state index in [0.29, 0.717) is 25.9 Å². The quantitative estimate of drug-likeness (QED) is 0.0345. The second kappa shape index (κ2) is 61.3. The maximum atomic E-state index is 12.9. The molecule has 72 heavy (non-hydrogen) atoms. The van der Waals surface area contributed by atoms with E-state index < -0.39 is 6.10 Å². The molecule has 1 unspecified atom stereocenters. The van der Waals surface area contributed by atoms with Gasteiger partial charge in [-0.15, -0.1) is 0 Å². The van der Waals surface area contributed by atoms with E-state index in [-0.39, 0.29) is 25.2 Å². The lowest BCUT2D eigenvalue weighted by Gasteiger charge is -2.18. The fraction of sp³-hybridized carbons (Fsp3) is 0.642. The molecule has 0 aromatic rings. The van der Waals surface area contributed by atoms with Gasteiger partial charge in [0, 0.05) is 19.4 Å². The van der Waals surface area contributed by atoms with E-state index in [2.05, 4.69) is 148 Å². The van der Waals surface area contributed by atoms with Crippen molar-refractivity contribution in [2.45, 2.75) is 258 Å². The molecule has 0 radical (unpaired) electrons. The molecule has 0 aliphatic rings. The van der Waals surface area contributed by atoms with Crippen LogP contribution in [0.1, 0.15) is 252 Å². The second-order valence-electron chi connectivity index (χ2n) is 19.2. The molecule has 0 aromatic heterocycles. The Morgan fingerprint density at radius 3 is 1.06 bits per heavy atom. The van der Waals surface area contributed by atoms with E-state index in [1.165, 1.54) is 116 Å². The fourth-order valence-corrected chi connectivity index (χ4v) is 7.75. The smallest absolute Gasteiger partial charge is 0.306 e. The van der Waals surface area contributed by atoms with Crippen molar-refractivity contribution in [1.29, 1.82) is 0 Å². The monoisotopic (exact) mass is 995 g/mol. The zero-order valence-corrected chi connectivity index (χ0v) is 46.9. The molecule has 0 fully saturated rings. The molecule has 0 saturated heterocycles. The van der Waals surface area contributed by atoms with Gasteiger partial charge in [-0.2, -0.15) is 0 Å². The van der Waals surface area contributed by atoms with Crippen molar-refractivity contribution in [2.24, 2.45) is 0 Å². The van der Waals surface area contributed by atoms with Crippen LogP contribution in [-0.2, 0) is 23.8 Å². The molecular formula is C67H110O5. The highest BCUT2D eigenvalue weighted by Gasteiger charge is 2.17. The predicted molar refractivity (Wildman–Crippen MR) is 315 cm³/mol. The standard InChI is InChI=1S/C67H110O5/c1-4-7-10-13-16-19-22-25-28-31-34-36-39-42-45-48-51-54-57-60-66(68)71-64-65(63-70-62-59-56-53-50-47-44-41-38-33-30-27-24-21-18-15-12-9-6-3)72-67(69)61-58-55-52-49-46-43-40-37-35-32-29-26-23-20-17-14-11-8-5-2/h7,10,16-21,25-30,34-37,42,45,51,54,65H,4-6,8-9,11-15,22-24,31-33,38-41,43-44,46-50,52-53,55-64H2,1-3H3/b10-7-,19-16-,20-17-,21-18-,28-25-,29-26-,30-27-,36-34-,37-35-,45-42-,54-51-. The van der Waals surface area contributed by atoms with Gasteiger partial charge in [-0.05, 0) is 128 Å². The minimum atomic E-state index is -0.588. The molecule has 0 aromatic carbocycles. The number of hydrogen-bond acceptors (Lipinski definition) is 5. The minimum absolute atomic E-state index is 0.0293. The third-order valence-corrected chi connectivity index (χ3v) is 12.2. The van der Waals surface area contributed by atoms with Gasteiger partial charge in [-0.25, -0.2) is 0 Å². The van der Waals surface area contributed by atoms with Crippen molar-refractivity contribution in [1.82, 2.24) is 0 Å². The Hall–Kier alpha value is -3.96. The second-order valence-corrected chi connectivity index (χ2v) is 19.2. The van der Waals surface area contributed by atoms with Crippen LogP contribution in [0.4, 0.5) is 0 Å². The van der Waals surface area contributed by atoms with Crippen molar-refractivity contribution in [2.75, 3.05) is 19.8 Å². The van der Waals surface area contributed by atoms with Crippen molar-refractivity contribution in [3.63, 3.8) is 0 Å². The average molecular weight is 996 g/mol. The van der Waals surface area contributed by atoms with E-state index in [4.69, 9.17) is 14.2 Å². The van der Waals surface area contributed by atoms with Crippen LogP contribution in [0.3, 0.4) is 0 Å². The highest BCUT2D eigenvalue weighted by molar-refractivity contribution is 5.70. The predicted octanol–water partition coefficient (Wildman–Crippen LogP) is 20.7. The zero-order valence-electron chi connectivity index (χ0n) is 46.9. The summed E-state index contributed by atoms with van der Waals surface area (Å²) in [7, 11) is 0. The topological polar surface area (TPSA) is 61.8 Å². The number of carbonyl (C=O) groups is 2. The van der Waals surface area contributed by atoms with Crippen LogP contribution in [0.5, 0.6) is 0 Å². The molecule has 0 spiro atoms. The summed E-state index contributed by atoms with van der Waals surface area (Å²) < 4.78 is 17.4. The number of unbranched alkanes of at least 4 members (excludes halogenated alkanes) is 20. The van der Waals surface area contributed by atoms with E-state index in [0.717, 1.165) is 96.3 Å². The van der Waals surface area contributed by atoms with Crippen LogP contribution in [0, 0.1) is 0 Å². The Morgan fingerprint density at radius 2 is 0.653 bits per heavy atom. The lowest BCUT2D eigenvalue weighted by molar-refractivity contribution is -0.162. The SMILES string of the molecule is CC/C=C\C/C=C\C/C=C\C/C=C\C/C=C\C/C=C\CCC(=O)OCC(COCCCCCCCCCC/C=C\C/C=C\CCCCC)OC(=O)CCCCCCCC/C=C\C/C=C\C/C=C\CCCCC. The molecule has 0 rings (SSSR count). The van der Waals surface area contributed by atoms with Gasteiger partial charge in [0.1, 0.15) is 6.61 Å². The molecule has 0 N–H and O–H groups in total. The lowest BCUT2D eigenvalue weighted by atomic mass is 10.1. The fourth-order valence-electron chi connectivity index (χ4n) is 7.75. The van der Waals surface area contributed by atoms with Gasteiger partial charge >= 0.3 is 11.9 Å². The molecule has 5 nitrogen and oxygen atoms in total. The van der Waals surface area contributed by atoms with Gasteiger partial charge in [0.05, 0.1) is 6.61 Å². The summed E-state index contributed by atoms with van der Waals surface area (Å²) >= 11 is 0. The summed E-state index contributed by atoms with van der Waals surface area (Å²) in [5.74, 6) is -0.516. The third-order valence-electron chi connectivity index (χ3n) is 12.2. The molecule has 5 heteroatoms. The Morgan fingerprint density at radius 1 is 0.319 bits per heavy atom. The number of rotatable bonds is 53. The number of esters is 2. The van der Waals surface area contributed by atoms with Crippen LogP contribution in [0.2, 0.25) is 0 Å². The Bertz CT molecular complexity index is 1500. The van der Waals surface area contributed by atoms with Gasteiger partial charge < -0.3 is 14.2 Å². The van der Waals surface area contributed by atoms with Crippen molar-refractivity contribution in [3.8, 4) is 0 Å². The lowest BCUT2D eigenvalue weighted by Crippen LogP contribution is -2.30. The molecule has 0 bridgehead atoms. The molecule has 0 amide bonds. The summed E-state index contributed by atoms with van der Waals surface area (Å²) in [5.41, 5.74) is 0. The average Bonchev–Trinajstić information content (AvgIpc) is 3.38. The number of ether oxygens (including phenoxy) is 3. The van der Waals surface area contributed by atoms with Gasteiger partial charge in [0.15, 0.2) is 6.10 Å². The van der Waals surface area contributed by atoms with E-state index in [9.17, 15) is 9.59 Å². The Balaban J connectivity index is 4.46. The minimum Gasteiger partial charge on any atom is -0.462 e. The highest BCUT2D eigenvalue weighted by atomic mass is 16.6. The van der Waals surface area contributed by atoms with Gasteiger partial charge in [0.25, 0.3) is 0 Å². The van der Waals surface area contributed by atoms with Gasteiger partial charge in [-0.1, -0.05) is 244 Å². The highest BCUT2D eigenvalue weighted by Crippen LogP contribution is 2.13. The molecule has 0 aliphatic carbocycles. The number of hydrogen-bond donors (Lipinski definition) is 0. The first-order valence-corrected chi connectivity index (χ1v) is 29.7. The van der Waals surface area contributed by atoms with Crippen molar-refractivity contribution in [3.05, 3.63) is 134 Å². The Kier molecular flexibility index (Phi) is 58.0. The largest absolute Gasteiger partial charge is 0.462 e. The van der Waals surface area contributed by atoms with Crippen LogP contribution in [0.25, 0.3) is 0 Å². The summed E-state index contributed by atoms with van der Waals surface area (Å²) in [6.45, 7) is 7.56. The van der Waals surface area contributed by atoms with E-state index >= 15 is 0 Å². The summed E-state index contributed by atoms with van der Waals surface area (Å²) in [4.78, 5) is 25.5. The van der Waals surface area contributed by atoms with E-state index in [1.54, 1.807) is 0 Å². The van der Waals surface area contributed by atoms with Crippen molar-refractivity contribution < 1.29 is 23.8 Å². The van der Waals surface area contributed by atoms with Crippen LogP contribution >= 0.6 is 0 Å². The maximum Gasteiger partial charge on any atom is 0.306 e. The van der Waals surface area contributed by atoms with Gasteiger partial charge in [-0.3, -0.25) is 9.59 Å². The first-order chi connectivity index (χ1) is 35.6. The van der Waals surface area contributed by atoms with Crippen molar-refractivity contribution >= 4 is 11.9 Å². The molecule has 0 aliphatic heterocycles. The number of allylic oxidation sites excluding steroid dienone is 22. The Labute approximate surface area is 445 Å². The van der Waals surface area contributed by atoms with Crippen LogP contribution in [-0.4, -0.2) is 37.9 Å². The molecule has 1 atom stereocenters. The summed E-state index contributed by atoms with van der Waals surface area (Å²) in [5, 5.41) is 0. The zero-order chi connectivity index (χ0) is 52.0.